The van der Waals surface area contributed by atoms with Crippen LogP contribution in [0.3, 0.4) is 0 Å². The number of carbonyl (C=O) groups is 4. The third-order valence-electron chi connectivity index (χ3n) is 9.33. The summed E-state index contributed by atoms with van der Waals surface area (Å²) < 4.78 is 0. The predicted octanol–water partition coefficient (Wildman–Crippen LogP) is 3.77. The number of nitrogens with zero attached hydrogens (tertiary/aromatic N) is 4. The first kappa shape index (κ1) is 29.7. The van der Waals surface area contributed by atoms with E-state index >= 15 is 0 Å². The minimum Gasteiger partial charge on any atom is -0.326 e. The molecule has 0 saturated carbocycles. The second-order valence-electron chi connectivity index (χ2n) is 12.5. The molecule has 3 fully saturated rings. The zero-order valence-corrected chi connectivity index (χ0v) is 25.2. The van der Waals surface area contributed by atoms with Gasteiger partial charge in [-0.1, -0.05) is 0 Å². The highest BCUT2D eigenvalue weighted by Gasteiger charge is 2.34. The number of amides is 4. The maximum Gasteiger partial charge on any atom is 0.261 e. The van der Waals surface area contributed by atoms with E-state index in [0.717, 1.165) is 45.8 Å². The monoisotopic (exact) mass is 588 g/mol. The number of carbonyl (C=O) groups excluding carboxylic acids is 4. The molecule has 0 aromatic heterocycles. The van der Waals surface area contributed by atoms with E-state index in [9.17, 15) is 19.2 Å². The third kappa shape index (κ3) is 7.08. The Morgan fingerprint density at radius 2 is 1.00 bits per heavy atom. The topological polar surface area (TPSA) is 105 Å². The number of nitrogens with one attached hydrogen (secondary N) is 2. The summed E-state index contributed by atoms with van der Waals surface area (Å²) in [6.07, 6.45) is 8.52. The van der Waals surface area contributed by atoms with Crippen molar-refractivity contribution in [2.24, 2.45) is 0 Å². The highest BCUT2D eigenvalue weighted by Crippen LogP contribution is 2.35. The number of hydrogen-bond donors (Lipinski definition) is 2. The van der Waals surface area contributed by atoms with E-state index in [1.807, 2.05) is 0 Å². The Bertz CT molecular complexity index is 1290. The van der Waals surface area contributed by atoms with E-state index < -0.39 is 0 Å². The molecule has 0 aliphatic carbocycles. The fourth-order valence-electron chi connectivity index (χ4n) is 7.02. The summed E-state index contributed by atoms with van der Waals surface area (Å²) in [4.78, 5) is 61.6. The van der Waals surface area contributed by atoms with E-state index in [0.29, 0.717) is 72.2 Å². The van der Waals surface area contributed by atoms with Crippen molar-refractivity contribution in [3.63, 3.8) is 0 Å². The Hall–Kier alpha value is -3.34. The molecular formula is C33H44N6O4. The average Bonchev–Trinajstić information content (AvgIpc) is 3.80. The standard InChI is InChI=1S/C33H44N6O4/c40-29(8-18-37-12-3-4-13-37)34-25-20-24-21-26(35-30(41)9-19-38-14-5-6-15-38)23-28-31(24)27(22-25)32(42)39(33(28)43)17-7-16-36-10-1-2-11-36/h20-23H,1-19H2,(H,34,40)(H,35,41). The molecule has 230 valence electrons. The number of benzene rings is 2. The van der Waals surface area contributed by atoms with E-state index in [1.54, 1.807) is 24.3 Å². The summed E-state index contributed by atoms with van der Waals surface area (Å²) in [5.74, 6) is -0.877. The first-order valence-corrected chi connectivity index (χ1v) is 16.2. The van der Waals surface area contributed by atoms with Crippen LogP contribution < -0.4 is 10.6 Å². The summed E-state index contributed by atoms with van der Waals surface area (Å²) >= 11 is 0. The first-order chi connectivity index (χ1) is 20.9. The zero-order chi connectivity index (χ0) is 29.8. The van der Waals surface area contributed by atoms with Gasteiger partial charge < -0.3 is 25.3 Å². The van der Waals surface area contributed by atoms with E-state index in [1.165, 1.54) is 43.4 Å². The van der Waals surface area contributed by atoms with Crippen molar-refractivity contribution in [3.8, 4) is 0 Å². The van der Waals surface area contributed by atoms with Crippen LogP contribution in [0.4, 0.5) is 11.4 Å². The van der Waals surface area contributed by atoms with Crippen molar-refractivity contribution in [2.45, 2.75) is 57.8 Å². The fourth-order valence-corrected chi connectivity index (χ4v) is 7.02. The number of hydrogen-bond acceptors (Lipinski definition) is 7. The average molecular weight is 589 g/mol. The van der Waals surface area contributed by atoms with Gasteiger partial charge in [0, 0.05) is 49.2 Å². The lowest BCUT2D eigenvalue weighted by atomic mass is 9.92. The Morgan fingerprint density at radius 3 is 1.44 bits per heavy atom. The maximum absolute atomic E-state index is 13.7. The molecule has 43 heavy (non-hydrogen) atoms. The number of rotatable bonds is 12. The van der Waals surface area contributed by atoms with Crippen LogP contribution in [-0.2, 0) is 9.59 Å². The highest BCUT2D eigenvalue weighted by atomic mass is 16.2. The number of likely N-dealkylation sites (tertiary alicyclic amines) is 3. The maximum atomic E-state index is 13.7. The Labute approximate surface area is 253 Å². The molecule has 0 bridgehead atoms. The number of anilines is 2. The Balaban J connectivity index is 1.24. The molecule has 3 saturated heterocycles. The minimum absolute atomic E-state index is 0.105. The molecule has 10 heteroatoms. The highest BCUT2D eigenvalue weighted by molar-refractivity contribution is 6.26. The minimum atomic E-state index is -0.334. The van der Waals surface area contributed by atoms with Crippen molar-refractivity contribution >= 4 is 45.8 Å². The lowest BCUT2D eigenvalue weighted by molar-refractivity contribution is -0.117. The van der Waals surface area contributed by atoms with Gasteiger partial charge in [0.25, 0.3) is 11.8 Å². The molecule has 2 aromatic carbocycles. The summed E-state index contributed by atoms with van der Waals surface area (Å²) in [5, 5.41) is 7.22. The predicted molar refractivity (Wildman–Crippen MR) is 167 cm³/mol. The van der Waals surface area contributed by atoms with Crippen molar-refractivity contribution in [1.82, 2.24) is 19.6 Å². The fraction of sp³-hybridized carbons (Fsp3) is 0.576. The molecular weight excluding hydrogens is 544 g/mol. The third-order valence-corrected chi connectivity index (χ3v) is 9.33. The molecule has 6 rings (SSSR count). The van der Waals surface area contributed by atoms with Crippen LogP contribution in [0.25, 0.3) is 10.8 Å². The molecule has 0 radical (unpaired) electrons. The summed E-state index contributed by atoms with van der Waals surface area (Å²) in [6, 6.07) is 7.02. The quantitative estimate of drug-likeness (QED) is 0.364. The normalized spacial score (nSPS) is 19.6. The van der Waals surface area contributed by atoms with Crippen LogP contribution in [0.15, 0.2) is 24.3 Å². The van der Waals surface area contributed by atoms with Gasteiger partial charge in [-0.3, -0.25) is 24.1 Å². The first-order valence-electron chi connectivity index (χ1n) is 16.2. The van der Waals surface area contributed by atoms with E-state index in [4.69, 9.17) is 0 Å². The zero-order valence-electron chi connectivity index (χ0n) is 25.2. The molecule has 0 spiro atoms. The Kier molecular flexibility index (Phi) is 9.35. The van der Waals surface area contributed by atoms with Crippen LogP contribution in [0.1, 0.15) is 78.5 Å². The summed E-state index contributed by atoms with van der Waals surface area (Å²) in [6.45, 7) is 8.82. The SMILES string of the molecule is O=C(CCN1CCCC1)Nc1cc2c3c(cc(NC(=O)CCN4CCCC4)cc3c1)C(=O)N(CCCN1CCCC1)C2=O. The van der Waals surface area contributed by atoms with Crippen molar-refractivity contribution in [3.05, 3.63) is 35.4 Å². The molecule has 4 aliphatic rings. The van der Waals surface area contributed by atoms with Crippen molar-refractivity contribution < 1.29 is 19.2 Å². The molecule has 10 nitrogen and oxygen atoms in total. The summed E-state index contributed by atoms with van der Waals surface area (Å²) in [5.41, 5.74) is 1.87. The van der Waals surface area contributed by atoms with Crippen LogP contribution in [0, 0.1) is 0 Å². The van der Waals surface area contributed by atoms with Gasteiger partial charge in [0.15, 0.2) is 0 Å². The molecule has 2 aromatic rings. The van der Waals surface area contributed by atoms with Crippen molar-refractivity contribution in [2.75, 3.05) is 76.1 Å². The van der Waals surface area contributed by atoms with Crippen molar-refractivity contribution in [1.29, 1.82) is 0 Å². The van der Waals surface area contributed by atoms with Gasteiger partial charge in [0.2, 0.25) is 11.8 Å². The van der Waals surface area contributed by atoms with E-state index in [-0.39, 0.29) is 23.6 Å². The number of imide groups is 1. The lowest BCUT2D eigenvalue weighted by Crippen LogP contribution is -2.42. The lowest BCUT2D eigenvalue weighted by Gasteiger charge is -2.29. The van der Waals surface area contributed by atoms with Gasteiger partial charge in [-0.15, -0.1) is 0 Å². The molecule has 4 amide bonds. The van der Waals surface area contributed by atoms with Gasteiger partial charge in [0.05, 0.1) is 11.1 Å². The molecule has 2 N–H and O–H groups in total. The second kappa shape index (κ2) is 13.5. The van der Waals surface area contributed by atoms with Gasteiger partial charge >= 0.3 is 0 Å². The van der Waals surface area contributed by atoms with Crippen LogP contribution in [0.5, 0.6) is 0 Å². The molecule has 0 atom stereocenters. The smallest absolute Gasteiger partial charge is 0.261 e. The van der Waals surface area contributed by atoms with Gasteiger partial charge in [-0.25, -0.2) is 0 Å². The van der Waals surface area contributed by atoms with E-state index in [2.05, 4.69) is 25.3 Å². The van der Waals surface area contributed by atoms with Crippen LogP contribution >= 0.6 is 0 Å². The molecule has 0 unspecified atom stereocenters. The van der Waals surface area contributed by atoms with Crippen LogP contribution in [0.2, 0.25) is 0 Å². The Morgan fingerprint density at radius 1 is 0.581 bits per heavy atom. The van der Waals surface area contributed by atoms with Crippen LogP contribution in [-0.4, -0.2) is 109 Å². The largest absolute Gasteiger partial charge is 0.326 e. The second-order valence-corrected chi connectivity index (χ2v) is 12.5. The molecule has 4 aliphatic heterocycles. The van der Waals surface area contributed by atoms with Gasteiger partial charge in [-0.05, 0) is 120 Å². The summed E-state index contributed by atoms with van der Waals surface area (Å²) in [7, 11) is 0. The molecule has 4 heterocycles. The van der Waals surface area contributed by atoms with Gasteiger partial charge in [-0.2, -0.15) is 0 Å². The van der Waals surface area contributed by atoms with Gasteiger partial charge in [0.1, 0.15) is 0 Å².